The number of amides is 1. The number of hydrogen-bond acceptors (Lipinski definition) is 4. The third-order valence-electron chi connectivity index (χ3n) is 5.96. The van der Waals surface area contributed by atoms with Crippen molar-refractivity contribution in [1.82, 2.24) is 19.4 Å². The molecule has 0 radical (unpaired) electrons. The summed E-state index contributed by atoms with van der Waals surface area (Å²) < 4.78 is 1.73. The van der Waals surface area contributed by atoms with Crippen molar-refractivity contribution in [2.45, 2.75) is 25.0 Å². The van der Waals surface area contributed by atoms with Gasteiger partial charge in [-0.1, -0.05) is 36.4 Å². The minimum atomic E-state index is -0.688. The van der Waals surface area contributed by atoms with Crippen LogP contribution in [0.5, 0.6) is 0 Å². The molecule has 2 atom stereocenters. The molecule has 146 valence electrons. The summed E-state index contributed by atoms with van der Waals surface area (Å²) in [6.07, 6.45) is 3.50. The average Bonchev–Trinajstić information content (AvgIpc) is 3.10. The molecule has 1 aliphatic rings. The summed E-state index contributed by atoms with van der Waals surface area (Å²) in [6.45, 7) is 2.86. The Balaban J connectivity index is 1.62. The summed E-state index contributed by atoms with van der Waals surface area (Å²) in [5.74, 6) is -0.0849. The molecule has 0 aliphatic carbocycles. The van der Waals surface area contributed by atoms with Crippen molar-refractivity contribution in [3.05, 3.63) is 71.5 Å². The van der Waals surface area contributed by atoms with Gasteiger partial charge in [0.05, 0.1) is 28.9 Å². The van der Waals surface area contributed by atoms with Crippen LogP contribution in [0.25, 0.3) is 5.52 Å². The quantitative estimate of drug-likeness (QED) is 0.760. The first-order chi connectivity index (χ1) is 13.4. The SMILES string of the molecule is Cc1ccc2c(C(=O)N3CC[C@@](c4ccccc4)(N(C)C)[C@H](O)C3)cnn2c1. The second-order valence-corrected chi connectivity index (χ2v) is 7.80. The lowest BCUT2D eigenvalue weighted by molar-refractivity contribution is -0.0611. The summed E-state index contributed by atoms with van der Waals surface area (Å²) in [5, 5.41) is 15.5. The first kappa shape index (κ1) is 18.7. The predicted octanol–water partition coefficient (Wildman–Crippen LogP) is 2.31. The topological polar surface area (TPSA) is 61.1 Å². The summed E-state index contributed by atoms with van der Waals surface area (Å²) in [5.41, 5.74) is 3.02. The van der Waals surface area contributed by atoms with E-state index in [1.165, 1.54) is 0 Å². The number of fused-ring (bicyclic) bond motifs is 1. The average molecular weight is 378 g/mol. The molecule has 0 unspecified atom stereocenters. The Morgan fingerprint density at radius 2 is 1.96 bits per heavy atom. The Labute approximate surface area is 165 Å². The van der Waals surface area contributed by atoms with Crippen LogP contribution >= 0.6 is 0 Å². The molecule has 1 fully saturated rings. The largest absolute Gasteiger partial charge is 0.389 e. The smallest absolute Gasteiger partial charge is 0.257 e. The van der Waals surface area contributed by atoms with Crippen LogP contribution in [0.15, 0.2) is 54.9 Å². The lowest BCUT2D eigenvalue weighted by atomic mass is 9.77. The van der Waals surface area contributed by atoms with Crippen molar-refractivity contribution in [3.8, 4) is 0 Å². The van der Waals surface area contributed by atoms with Crippen molar-refractivity contribution in [2.24, 2.45) is 0 Å². The molecule has 28 heavy (non-hydrogen) atoms. The zero-order valence-corrected chi connectivity index (χ0v) is 16.5. The minimum Gasteiger partial charge on any atom is -0.389 e. The van der Waals surface area contributed by atoms with E-state index in [0.29, 0.717) is 18.5 Å². The number of carbonyl (C=O) groups excluding carboxylic acids is 1. The standard InChI is InChI=1S/C22H26N4O2/c1-16-9-10-19-18(13-23-26(19)14-16)21(28)25-12-11-22(24(2)3,20(27)15-25)17-7-5-4-6-8-17/h4-10,13-14,20,27H,11-12,15H2,1-3H3/t20-,22+/m1/s1. The summed E-state index contributed by atoms with van der Waals surface area (Å²) >= 11 is 0. The van der Waals surface area contributed by atoms with E-state index >= 15 is 0 Å². The molecular weight excluding hydrogens is 352 g/mol. The monoisotopic (exact) mass is 378 g/mol. The van der Waals surface area contributed by atoms with E-state index in [0.717, 1.165) is 16.6 Å². The van der Waals surface area contributed by atoms with Crippen LogP contribution in [0.2, 0.25) is 0 Å². The van der Waals surface area contributed by atoms with E-state index < -0.39 is 11.6 Å². The van der Waals surface area contributed by atoms with Gasteiger partial charge in [0, 0.05) is 19.3 Å². The number of β-amino-alcohol motifs (C(OH)–C–C–N with tert-alkyl or cyclic N) is 1. The number of aryl methyl sites for hydroxylation is 1. The van der Waals surface area contributed by atoms with Gasteiger partial charge in [-0.3, -0.25) is 9.69 Å². The van der Waals surface area contributed by atoms with E-state index in [4.69, 9.17) is 0 Å². The van der Waals surface area contributed by atoms with Gasteiger partial charge >= 0.3 is 0 Å². The highest BCUT2D eigenvalue weighted by atomic mass is 16.3. The summed E-state index contributed by atoms with van der Waals surface area (Å²) in [7, 11) is 3.97. The van der Waals surface area contributed by atoms with E-state index in [1.807, 2.05) is 69.7 Å². The molecule has 0 spiro atoms. The second-order valence-electron chi connectivity index (χ2n) is 7.80. The number of carbonyl (C=O) groups is 1. The Kier molecular flexibility index (Phi) is 4.69. The molecular formula is C22H26N4O2. The highest BCUT2D eigenvalue weighted by Gasteiger charge is 2.46. The van der Waals surface area contributed by atoms with Crippen molar-refractivity contribution < 1.29 is 9.90 Å². The van der Waals surface area contributed by atoms with Gasteiger partial charge in [-0.05, 0) is 44.6 Å². The molecule has 0 saturated carbocycles. The number of aliphatic hydroxyl groups excluding tert-OH is 1. The minimum absolute atomic E-state index is 0.0849. The van der Waals surface area contributed by atoms with Gasteiger partial charge in [-0.15, -0.1) is 0 Å². The number of likely N-dealkylation sites (N-methyl/N-ethyl adjacent to an activating group) is 1. The molecule has 4 rings (SSSR count). The van der Waals surface area contributed by atoms with Crippen LogP contribution in [0.4, 0.5) is 0 Å². The van der Waals surface area contributed by atoms with Gasteiger partial charge in [-0.2, -0.15) is 5.10 Å². The number of likely N-dealkylation sites (tertiary alicyclic amines) is 1. The van der Waals surface area contributed by atoms with Crippen LogP contribution < -0.4 is 0 Å². The third kappa shape index (κ3) is 2.89. The number of rotatable bonds is 3. The highest BCUT2D eigenvalue weighted by molar-refractivity contribution is 6.00. The fourth-order valence-electron chi connectivity index (χ4n) is 4.37. The number of benzene rings is 1. The first-order valence-corrected chi connectivity index (χ1v) is 9.58. The summed E-state index contributed by atoms with van der Waals surface area (Å²) in [4.78, 5) is 17.0. The number of hydrogen-bond donors (Lipinski definition) is 1. The maximum absolute atomic E-state index is 13.2. The molecule has 1 N–H and O–H groups in total. The molecule has 3 aromatic rings. The maximum Gasteiger partial charge on any atom is 0.257 e. The van der Waals surface area contributed by atoms with Gasteiger partial charge in [0.25, 0.3) is 5.91 Å². The number of piperidine rings is 1. The lowest BCUT2D eigenvalue weighted by Gasteiger charge is -2.49. The van der Waals surface area contributed by atoms with E-state index in [1.54, 1.807) is 15.6 Å². The number of aliphatic hydroxyl groups is 1. The molecule has 1 aliphatic heterocycles. The second kappa shape index (κ2) is 7.04. The fraction of sp³-hybridized carbons (Fsp3) is 0.364. The first-order valence-electron chi connectivity index (χ1n) is 9.58. The van der Waals surface area contributed by atoms with Gasteiger partial charge in [0.1, 0.15) is 0 Å². The molecule has 1 saturated heterocycles. The fourth-order valence-corrected chi connectivity index (χ4v) is 4.37. The Hall–Kier alpha value is -2.70. The van der Waals surface area contributed by atoms with E-state index in [9.17, 15) is 9.90 Å². The molecule has 6 heteroatoms. The number of nitrogens with zero attached hydrogens (tertiary/aromatic N) is 4. The van der Waals surface area contributed by atoms with E-state index in [2.05, 4.69) is 10.00 Å². The van der Waals surface area contributed by atoms with Gasteiger partial charge in [-0.25, -0.2) is 4.52 Å². The molecule has 2 aromatic heterocycles. The van der Waals surface area contributed by atoms with Crippen molar-refractivity contribution in [2.75, 3.05) is 27.2 Å². The molecule has 1 aromatic carbocycles. The van der Waals surface area contributed by atoms with Crippen LogP contribution in [-0.2, 0) is 5.54 Å². The van der Waals surface area contributed by atoms with Gasteiger partial charge < -0.3 is 10.0 Å². The number of pyridine rings is 1. The lowest BCUT2D eigenvalue weighted by Crippen LogP contribution is -2.60. The van der Waals surface area contributed by atoms with Crippen LogP contribution in [-0.4, -0.2) is 63.7 Å². The van der Waals surface area contributed by atoms with Gasteiger partial charge in [0.2, 0.25) is 0 Å². The normalized spacial score (nSPS) is 22.8. The third-order valence-corrected chi connectivity index (χ3v) is 5.96. The zero-order chi connectivity index (χ0) is 19.9. The Morgan fingerprint density at radius 3 is 2.64 bits per heavy atom. The summed E-state index contributed by atoms with van der Waals surface area (Å²) in [6, 6.07) is 14.0. The maximum atomic E-state index is 13.2. The van der Waals surface area contributed by atoms with E-state index in [-0.39, 0.29) is 12.5 Å². The molecule has 0 bridgehead atoms. The highest BCUT2D eigenvalue weighted by Crippen LogP contribution is 2.38. The Morgan fingerprint density at radius 1 is 1.21 bits per heavy atom. The van der Waals surface area contributed by atoms with Crippen molar-refractivity contribution >= 4 is 11.4 Å². The van der Waals surface area contributed by atoms with Gasteiger partial charge in [0.15, 0.2) is 0 Å². The molecule has 6 nitrogen and oxygen atoms in total. The van der Waals surface area contributed by atoms with Crippen LogP contribution in [0.1, 0.15) is 27.9 Å². The molecule has 3 heterocycles. The van der Waals surface area contributed by atoms with Crippen LogP contribution in [0.3, 0.4) is 0 Å². The predicted molar refractivity (Wildman–Crippen MR) is 108 cm³/mol. The van der Waals surface area contributed by atoms with Crippen LogP contribution in [0, 0.1) is 6.92 Å². The van der Waals surface area contributed by atoms with Crippen molar-refractivity contribution in [1.29, 1.82) is 0 Å². The Bertz CT molecular complexity index is 998. The molecule has 1 amide bonds. The zero-order valence-electron chi connectivity index (χ0n) is 16.5. The number of aromatic nitrogens is 2. The van der Waals surface area contributed by atoms with Crippen molar-refractivity contribution in [3.63, 3.8) is 0 Å².